The minimum Gasteiger partial charge on any atom is -0.457 e. The molecule has 0 radical (unpaired) electrons. The number of amides is 2. The topological polar surface area (TPSA) is 65.8 Å². The van der Waals surface area contributed by atoms with Crippen LogP contribution in [0.5, 0.6) is 0 Å². The first-order chi connectivity index (χ1) is 14.0. The van der Waals surface area contributed by atoms with Crippen molar-refractivity contribution in [3.8, 4) is 11.3 Å². The van der Waals surface area contributed by atoms with Crippen molar-refractivity contribution in [2.24, 2.45) is 0 Å². The molecule has 2 aliphatic heterocycles. The summed E-state index contributed by atoms with van der Waals surface area (Å²) in [7, 11) is 0. The Labute approximate surface area is 186 Å². The molecule has 29 heavy (non-hydrogen) atoms. The summed E-state index contributed by atoms with van der Waals surface area (Å²) < 4.78 is 7.25. The molecule has 0 atom stereocenters. The number of benzene rings is 1. The van der Waals surface area contributed by atoms with Crippen molar-refractivity contribution in [1.29, 1.82) is 0 Å². The largest absolute Gasteiger partial charge is 0.457 e. The highest BCUT2D eigenvalue weighted by Crippen LogP contribution is 2.33. The zero-order valence-electron chi connectivity index (χ0n) is 15.4. The van der Waals surface area contributed by atoms with Crippen molar-refractivity contribution < 1.29 is 14.0 Å². The van der Waals surface area contributed by atoms with Crippen LogP contribution >= 0.6 is 39.9 Å². The fourth-order valence-corrected chi connectivity index (χ4v) is 4.61. The molecule has 0 saturated carbocycles. The summed E-state index contributed by atoms with van der Waals surface area (Å²) in [5.41, 5.74) is 0.946. The predicted molar refractivity (Wildman–Crippen MR) is 121 cm³/mol. The number of nitrogens with one attached hydrogen (secondary N) is 1. The van der Waals surface area contributed by atoms with Crippen LogP contribution in [0.4, 0.5) is 0 Å². The van der Waals surface area contributed by atoms with Crippen LogP contribution < -0.4 is 5.32 Å². The van der Waals surface area contributed by atoms with Crippen molar-refractivity contribution in [1.82, 2.24) is 15.1 Å². The van der Waals surface area contributed by atoms with E-state index >= 15 is 0 Å². The second-order valence-corrected chi connectivity index (χ2v) is 9.20. The van der Waals surface area contributed by atoms with Gasteiger partial charge in [-0.2, -0.15) is 0 Å². The molecule has 9 heteroatoms. The van der Waals surface area contributed by atoms with E-state index in [1.165, 1.54) is 16.7 Å². The van der Waals surface area contributed by atoms with Gasteiger partial charge in [-0.15, -0.1) is 0 Å². The summed E-state index contributed by atoms with van der Waals surface area (Å²) in [6.45, 7) is 2.81. The molecule has 0 spiro atoms. The second kappa shape index (κ2) is 8.83. The Balaban J connectivity index is 1.46. The Bertz CT molecular complexity index is 981. The number of hydrogen-bond acceptors (Lipinski definition) is 6. The van der Waals surface area contributed by atoms with Crippen molar-refractivity contribution >= 4 is 62.1 Å². The first-order valence-electron chi connectivity index (χ1n) is 9.11. The van der Waals surface area contributed by atoms with Gasteiger partial charge in [0.15, 0.2) is 0 Å². The van der Waals surface area contributed by atoms with Crippen LogP contribution in [0.3, 0.4) is 0 Å². The van der Waals surface area contributed by atoms with Gasteiger partial charge in [-0.1, -0.05) is 52.0 Å². The number of furan rings is 1. The lowest BCUT2D eigenvalue weighted by Gasteiger charge is -2.28. The highest BCUT2D eigenvalue weighted by molar-refractivity contribution is 9.10. The number of carbonyl (C=O) groups is 2. The average molecular weight is 492 g/mol. The molecule has 6 nitrogen and oxygen atoms in total. The van der Waals surface area contributed by atoms with E-state index in [1.807, 2.05) is 36.4 Å². The lowest BCUT2D eigenvalue weighted by atomic mass is 10.2. The van der Waals surface area contributed by atoms with E-state index in [0.717, 1.165) is 23.1 Å². The highest BCUT2D eigenvalue weighted by atomic mass is 79.9. The van der Waals surface area contributed by atoms with E-state index < -0.39 is 0 Å². The molecule has 1 N–H and O–H groups in total. The third-order valence-electron chi connectivity index (χ3n) is 4.67. The number of halogens is 1. The van der Waals surface area contributed by atoms with Gasteiger partial charge in [-0.25, -0.2) is 0 Å². The van der Waals surface area contributed by atoms with Crippen LogP contribution in [0.15, 0.2) is 50.2 Å². The molecule has 3 heterocycles. The molecular weight excluding hydrogens is 474 g/mol. The number of nitrogens with zero attached hydrogens (tertiary/aromatic N) is 2. The average Bonchev–Trinajstić information content (AvgIpc) is 3.29. The first kappa shape index (κ1) is 20.3. The normalized spacial score (nSPS) is 18.7. The van der Waals surface area contributed by atoms with E-state index in [2.05, 4.69) is 21.2 Å². The number of piperazine rings is 1. The third-order valence-corrected chi connectivity index (χ3v) is 6.57. The molecule has 0 unspecified atom stereocenters. The quantitative estimate of drug-likeness (QED) is 0.522. The lowest BCUT2D eigenvalue weighted by molar-refractivity contribution is -0.135. The summed E-state index contributed by atoms with van der Waals surface area (Å²) in [5, 5.41) is 3.21. The predicted octanol–water partition coefficient (Wildman–Crippen LogP) is 3.34. The minimum absolute atomic E-state index is 0.0235. The van der Waals surface area contributed by atoms with Gasteiger partial charge in [0.2, 0.25) is 5.91 Å². The Morgan fingerprint density at radius 1 is 1.21 bits per heavy atom. The van der Waals surface area contributed by atoms with Gasteiger partial charge in [0, 0.05) is 42.3 Å². The maximum Gasteiger partial charge on any atom is 0.266 e. The number of rotatable bonds is 4. The van der Waals surface area contributed by atoms with Crippen molar-refractivity contribution in [2.75, 3.05) is 32.7 Å². The van der Waals surface area contributed by atoms with Gasteiger partial charge in [0.1, 0.15) is 22.4 Å². The van der Waals surface area contributed by atoms with Gasteiger partial charge in [0.05, 0.1) is 4.91 Å². The molecule has 2 amide bonds. The molecule has 2 saturated heterocycles. The van der Waals surface area contributed by atoms with Crippen molar-refractivity contribution in [3.63, 3.8) is 0 Å². The summed E-state index contributed by atoms with van der Waals surface area (Å²) in [6.07, 6.45) is 1.68. The molecule has 2 aromatic rings. The second-order valence-electron chi connectivity index (χ2n) is 6.61. The molecule has 2 aliphatic rings. The van der Waals surface area contributed by atoms with E-state index in [0.29, 0.717) is 33.8 Å². The number of hydrogen-bond donors (Lipinski definition) is 1. The van der Waals surface area contributed by atoms with Crippen LogP contribution in [0.1, 0.15) is 5.76 Å². The van der Waals surface area contributed by atoms with Gasteiger partial charge in [-0.05, 0) is 24.3 Å². The van der Waals surface area contributed by atoms with E-state index in [-0.39, 0.29) is 18.4 Å². The number of thioether (sulfide) groups is 1. The van der Waals surface area contributed by atoms with Crippen molar-refractivity contribution in [2.45, 2.75) is 0 Å². The first-order valence-corrected chi connectivity index (χ1v) is 11.1. The monoisotopic (exact) mass is 491 g/mol. The number of thiocarbonyl (C=S) groups is 1. The van der Waals surface area contributed by atoms with Crippen LogP contribution in [-0.2, 0) is 9.59 Å². The Morgan fingerprint density at radius 3 is 2.66 bits per heavy atom. The fourth-order valence-electron chi connectivity index (χ4n) is 3.11. The Hall–Kier alpha value is -1.94. The molecule has 1 aromatic heterocycles. The molecule has 2 fully saturated rings. The Morgan fingerprint density at radius 2 is 1.93 bits per heavy atom. The lowest BCUT2D eigenvalue weighted by Crippen LogP contribution is -2.50. The van der Waals surface area contributed by atoms with Crippen molar-refractivity contribution in [3.05, 3.63) is 51.5 Å². The third kappa shape index (κ3) is 4.63. The smallest absolute Gasteiger partial charge is 0.266 e. The Kier molecular flexibility index (Phi) is 6.19. The van der Waals surface area contributed by atoms with E-state index in [1.54, 1.807) is 11.0 Å². The summed E-state index contributed by atoms with van der Waals surface area (Å²) in [6, 6.07) is 11.5. The van der Waals surface area contributed by atoms with Gasteiger partial charge in [-0.3, -0.25) is 14.5 Å². The van der Waals surface area contributed by atoms with E-state index in [9.17, 15) is 9.59 Å². The molecule has 4 rings (SSSR count). The maximum absolute atomic E-state index is 12.8. The minimum atomic E-state index is -0.259. The van der Waals surface area contributed by atoms with Gasteiger partial charge >= 0.3 is 0 Å². The molecule has 1 aromatic carbocycles. The van der Waals surface area contributed by atoms with Gasteiger partial charge in [0.25, 0.3) is 5.91 Å². The van der Waals surface area contributed by atoms with Gasteiger partial charge < -0.3 is 14.6 Å². The molecular formula is C20H18BrN3O3S2. The molecule has 0 aliphatic carbocycles. The standard InChI is InChI=1S/C20H18BrN3O3S2/c21-14-3-1-13(2-4-14)16-6-5-15(27-16)11-17-19(26)24(20(28)29-17)12-18(25)23-9-7-22-8-10-23/h1-6,11,22H,7-10,12H2/b17-11+. The van der Waals surface area contributed by atoms with Crippen LogP contribution in [0.2, 0.25) is 0 Å². The highest BCUT2D eigenvalue weighted by Gasteiger charge is 2.34. The van der Waals surface area contributed by atoms with Crippen LogP contribution in [-0.4, -0.2) is 58.7 Å². The van der Waals surface area contributed by atoms with Crippen LogP contribution in [0.25, 0.3) is 17.4 Å². The number of carbonyl (C=O) groups excluding carboxylic acids is 2. The summed E-state index contributed by atoms with van der Waals surface area (Å²) >= 11 is 9.94. The summed E-state index contributed by atoms with van der Waals surface area (Å²) in [5.74, 6) is 0.939. The van der Waals surface area contributed by atoms with Crippen LogP contribution in [0, 0.1) is 0 Å². The molecule has 150 valence electrons. The SMILES string of the molecule is O=C(CN1C(=O)/C(=C\c2ccc(-c3ccc(Br)cc3)o2)SC1=S)N1CCNCC1. The zero-order valence-corrected chi connectivity index (χ0v) is 18.6. The summed E-state index contributed by atoms with van der Waals surface area (Å²) in [4.78, 5) is 28.8. The van der Waals surface area contributed by atoms with E-state index in [4.69, 9.17) is 16.6 Å². The fraction of sp³-hybridized carbons (Fsp3) is 0.250. The molecule has 0 bridgehead atoms. The maximum atomic E-state index is 12.8. The zero-order chi connectivity index (χ0) is 20.4.